The summed E-state index contributed by atoms with van der Waals surface area (Å²) in [6.07, 6.45) is 0. The molecule has 1 aliphatic rings. The quantitative estimate of drug-likeness (QED) is 0.898. The summed E-state index contributed by atoms with van der Waals surface area (Å²) >= 11 is 3.80. The van der Waals surface area contributed by atoms with Gasteiger partial charge in [-0.3, -0.25) is 0 Å². The molecule has 2 rings (SSSR count). The lowest BCUT2D eigenvalue weighted by molar-refractivity contribution is 0.646. The number of aryl methyl sites for hydroxylation is 1. The van der Waals surface area contributed by atoms with Crippen LogP contribution in [0.5, 0.6) is 0 Å². The number of rotatable bonds is 2. The van der Waals surface area contributed by atoms with Gasteiger partial charge in [-0.1, -0.05) is 0 Å². The van der Waals surface area contributed by atoms with Gasteiger partial charge in [0.15, 0.2) is 5.13 Å². The Morgan fingerprint density at radius 1 is 1.47 bits per heavy atom. The average molecular weight is 271 g/mol. The minimum absolute atomic E-state index is 0.0911. The first-order valence-electron chi connectivity index (χ1n) is 6.01. The van der Waals surface area contributed by atoms with E-state index in [1.54, 1.807) is 11.3 Å². The summed E-state index contributed by atoms with van der Waals surface area (Å²) in [6, 6.07) is 0.0911. The molecule has 0 radical (unpaired) electrons. The first-order valence-corrected chi connectivity index (χ1v) is 7.81. The number of thiazole rings is 1. The standard InChI is InChI=1S/C12H21N3S2/c1-8(13)10-9(2)14-11(17-10)15-5-6-16-12(3,4)7-15/h8H,5-7,13H2,1-4H3. The van der Waals surface area contributed by atoms with Gasteiger partial charge in [0.05, 0.1) is 5.69 Å². The maximum atomic E-state index is 5.96. The van der Waals surface area contributed by atoms with Gasteiger partial charge < -0.3 is 10.6 Å². The average Bonchev–Trinajstić information content (AvgIpc) is 2.59. The van der Waals surface area contributed by atoms with Crippen LogP contribution in [0.1, 0.15) is 37.4 Å². The second-order valence-corrected chi connectivity index (χ2v) is 8.08. The van der Waals surface area contributed by atoms with E-state index in [1.807, 2.05) is 18.7 Å². The smallest absolute Gasteiger partial charge is 0.185 e. The molecule has 0 bridgehead atoms. The maximum absolute atomic E-state index is 5.96. The molecule has 1 fully saturated rings. The van der Waals surface area contributed by atoms with E-state index in [1.165, 1.54) is 10.6 Å². The van der Waals surface area contributed by atoms with Crippen molar-refractivity contribution >= 4 is 28.2 Å². The van der Waals surface area contributed by atoms with Crippen LogP contribution in [-0.2, 0) is 0 Å². The fourth-order valence-electron chi connectivity index (χ4n) is 2.13. The summed E-state index contributed by atoms with van der Waals surface area (Å²) < 4.78 is 0.326. The van der Waals surface area contributed by atoms with Gasteiger partial charge in [0.25, 0.3) is 0 Å². The highest BCUT2D eigenvalue weighted by atomic mass is 32.2. The van der Waals surface area contributed by atoms with E-state index in [2.05, 4.69) is 30.7 Å². The first kappa shape index (κ1) is 13.2. The molecule has 2 heterocycles. The maximum Gasteiger partial charge on any atom is 0.185 e. The normalized spacial score (nSPS) is 21.6. The molecule has 1 aromatic heterocycles. The van der Waals surface area contributed by atoms with Gasteiger partial charge in [-0.2, -0.15) is 11.8 Å². The fourth-order valence-corrected chi connectivity index (χ4v) is 4.29. The molecule has 1 unspecified atom stereocenters. The number of aromatic nitrogens is 1. The van der Waals surface area contributed by atoms with Crippen molar-refractivity contribution in [2.45, 2.75) is 38.5 Å². The number of hydrogen-bond donors (Lipinski definition) is 1. The SMILES string of the molecule is Cc1nc(N2CCSC(C)(C)C2)sc1C(C)N. The lowest BCUT2D eigenvalue weighted by Gasteiger charge is -2.37. The minimum Gasteiger partial charge on any atom is -0.346 e. The summed E-state index contributed by atoms with van der Waals surface area (Å²) in [6.45, 7) is 10.9. The van der Waals surface area contributed by atoms with E-state index in [0.29, 0.717) is 4.75 Å². The fraction of sp³-hybridized carbons (Fsp3) is 0.750. The third-order valence-electron chi connectivity index (χ3n) is 2.93. The largest absolute Gasteiger partial charge is 0.346 e. The Hall–Kier alpha value is -0.260. The molecule has 1 aliphatic heterocycles. The van der Waals surface area contributed by atoms with E-state index < -0.39 is 0 Å². The van der Waals surface area contributed by atoms with E-state index in [0.717, 1.165) is 23.9 Å². The summed E-state index contributed by atoms with van der Waals surface area (Å²) in [5, 5.41) is 1.14. The zero-order valence-corrected chi connectivity index (χ0v) is 12.6. The van der Waals surface area contributed by atoms with Crippen LogP contribution in [0.2, 0.25) is 0 Å². The molecule has 1 aromatic rings. The van der Waals surface area contributed by atoms with Gasteiger partial charge in [0, 0.05) is 34.5 Å². The molecule has 0 aliphatic carbocycles. The van der Waals surface area contributed by atoms with Crippen LogP contribution in [0, 0.1) is 6.92 Å². The molecule has 0 amide bonds. The number of nitrogens with two attached hydrogens (primary N) is 1. The Bertz CT molecular complexity index is 398. The highest BCUT2D eigenvalue weighted by Gasteiger charge is 2.29. The summed E-state index contributed by atoms with van der Waals surface area (Å²) in [5.74, 6) is 1.18. The molecule has 3 nitrogen and oxygen atoms in total. The molecular weight excluding hydrogens is 250 g/mol. The second kappa shape index (κ2) is 4.78. The van der Waals surface area contributed by atoms with Crippen LogP contribution in [0.25, 0.3) is 0 Å². The molecule has 0 aromatic carbocycles. The molecule has 0 spiro atoms. The third kappa shape index (κ3) is 2.95. The van der Waals surface area contributed by atoms with Gasteiger partial charge >= 0.3 is 0 Å². The van der Waals surface area contributed by atoms with Gasteiger partial charge in [-0.15, -0.1) is 11.3 Å². The van der Waals surface area contributed by atoms with E-state index in [4.69, 9.17) is 5.73 Å². The van der Waals surface area contributed by atoms with Crippen LogP contribution in [-0.4, -0.2) is 28.6 Å². The third-order valence-corrected chi connectivity index (χ3v) is 5.65. The van der Waals surface area contributed by atoms with Crippen molar-refractivity contribution in [2.75, 3.05) is 23.7 Å². The van der Waals surface area contributed by atoms with Crippen LogP contribution < -0.4 is 10.6 Å². The Labute approximate surface area is 112 Å². The van der Waals surface area contributed by atoms with Crippen molar-refractivity contribution in [3.63, 3.8) is 0 Å². The predicted octanol–water partition coefficient (Wildman–Crippen LogP) is 2.80. The number of nitrogens with zero attached hydrogens (tertiary/aromatic N) is 2. The molecule has 2 N–H and O–H groups in total. The van der Waals surface area contributed by atoms with Crippen LogP contribution in [0.3, 0.4) is 0 Å². The minimum atomic E-state index is 0.0911. The first-order chi connectivity index (χ1) is 7.89. The van der Waals surface area contributed by atoms with E-state index in [-0.39, 0.29) is 6.04 Å². The van der Waals surface area contributed by atoms with Gasteiger partial charge in [-0.25, -0.2) is 4.98 Å². The monoisotopic (exact) mass is 271 g/mol. The van der Waals surface area contributed by atoms with Crippen LogP contribution >= 0.6 is 23.1 Å². The van der Waals surface area contributed by atoms with Crippen molar-refractivity contribution in [1.29, 1.82) is 0 Å². The lowest BCUT2D eigenvalue weighted by atomic mass is 10.2. The Kier molecular flexibility index (Phi) is 3.71. The number of anilines is 1. The van der Waals surface area contributed by atoms with Gasteiger partial charge in [0.1, 0.15) is 0 Å². The van der Waals surface area contributed by atoms with Crippen molar-refractivity contribution in [3.8, 4) is 0 Å². The molecule has 1 saturated heterocycles. The molecule has 0 saturated carbocycles. The Balaban J connectivity index is 2.20. The predicted molar refractivity (Wildman–Crippen MR) is 78.2 cm³/mol. The molecule has 5 heteroatoms. The molecule has 17 heavy (non-hydrogen) atoms. The van der Waals surface area contributed by atoms with Crippen LogP contribution in [0.15, 0.2) is 0 Å². The molecule has 1 atom stereocenters. The van der Waals surface area contributed by atoms with Crippen molar-refractivity contribution in [1.82, 2.24) is 4.98 Å². The summed E-state index contributed by atoms with van der Waals surface area (Å²) in [4.78, 5) is 8.30. The molecular formula is C12H21N3S2. The van der Waals surface area contributed by atoms with Gasteiger partial charge in [-0.05, 0) is 27.7 Å². The second-order valence-electron chi connectivity index (χ2n) is 5.26. The Morgan fingerprint density at radius 2 is 2.18 bits per heavy atom. The lowest BCUT2D eigenvalue weighted by Crippen LogP contribution is -2.43. The molecule has 96 valence electrons. The summed E-state index contributed by atoms with van der Waals surface area (Å²) in [5.41, 5.74) is 7.05. The highest BCUT2D eigenvalue weighted by Crippen LogP contribution is 2.35. The zero-order chi connectivity index (χ0) is 12.6. The zero-order valence-electron chi connectivity index (χ0n) is 11.0. The van der Waals surface area contributed by atoms with E-state index in [9.17, 15) is 0 Å². The topological polar surface area (TPSA) is 42.2 Å². The van der Waals surface area contributed by atoms with Gasteiger partial charge in [0.2, 0.25) is 0 Å². The Morgan fingerprint density at radius 3 is 2.71 bits per heavy atom. The van der Waals surface area contributed by atoms with Crippen molar-refractivity contribution in [2.24, 2.45) is 5.73 Å². The number of thioether (sulfide) groups is 1. The van der Waals surface area contributed by atoms with Crippen molar-refractivity contribution in [3.05, 3.63) is 10.6 Å². The van der Waals surface area contributed by atoms with Crippen molar-refractivity contribution < 1.29 is 0 Å². The van der Waals surface area contributed by atoms with E-state index >= 15 is 0 Å². The van der Waals surface area contributed by atoms with Crippen LogP contribution in [0.4, 0.5) is 5.13 Å². The summed E-state index contributed by atoms with van der Waals surface area (Å²) in [7, 11) is 0. The number of hydrogen-bond acceptors (Lipinski definition) is 5. The highest BCUT2D eigenvalue weighted by molar-refractivity contribution is 8.00.